The van der Waals surface area contributed by atoms with Gasteiger partial charge in [-0.1, -0.05) is 59.6 Å². The van der Waals surface area contributed by atoms with Crippen LogP contribution in [0.3, 0.4) is 0 Å². The highest BCUT2D eigenvalue weighted by atomic mass is 35.5. The summed E-state index contributed by atoms with van der Waals surface area (Å²) >= 11 is 12.1. The third kappa shape index (κ3) is 3.51. The highest BCUT2D eigenvalue weighted by molar-refractivity contribution is 6.43. The molecule has 0 bridgehead atoms. The molecule has 21 heavy (non-hydrogen) atoms. The summed E-state index contributed by atoms with van der Waals surface area (Å²) in [4.78, 5) is 21.8. The molecule has 106 valence electrons. The van der Waals surface area contributed by atoms with Gasteiger partial charge < -0.3 is 5.11 Å². The predicted molar refractivity (Wildman–Crippen MR) is 83.0 cm³/mol. The highest BCUT2D eigenvalue weighted by Crippen LogP contribution is 2.34. The van der Waals surface area contributed by atoms with E-state index in [0.29, 0.717) is 27.3 Å². The second kappa shape index (κ2) is 6.57. The fourth-order valence-corrected chi connectivity index (χ4v) is 2.30. The molecule has 2 aromatic carbocycles. The number of aldehydes is 1. The van der Waals surface area contributed by atoms with Gasteiger partial charge in [0.1, 0.15) is 6.29 Å². The van der Waals surface area contributed by atoms with Gasteiger partial charge in [-0.3, -0.25) is 4.79 Å². The Morgan fingerprint density at radius 3 is 2.29 bits per heavy atom. The first-order chi connectivity index (χ1) is 10.0. The Kier molecular flexibility index (Phi) is 4.78. The Balaban J connectivity index is 2.61. The molecule has 0 unspecified atom stereocenters. The fourth-order valence-electron chi connectivity index (χ4n) is 1.89. The lowest BCUT2D eigenvalue weighted by Crippen LogP contribution is -1.96. The van der Waals surface area contributed by atoms with Gasteiger partial charge in [0, 0.05) is 17.2 Å². The number of hydrogen-bond acceptors (Lipinski definition) is 2. The van der Waals surface area contributed by atoms with Crippen LogP contribution in [0, 0.1) is 0 Å². The lowest BCUT2D eigenvalue weighted by molar-refractivity contribution is -0.131. The average Bonchev–Trinajstić information content (AvgIpc) is 2.48. The number of halogens is 2. The van der Waals surface area contributed by atoms with Gasteiger partial charge in [0.2, 0.25) is 0 Å². The number of benzene rings is 2. The van der Waals surface area contributed by atoms with E-state index in [4.69, 9.17) is 28.3 Å². The van der Waals surface area contributed by atoms with E-state index in [1.54, 1.807) is 42.5 Å². The molecule has 0 amide bonds. The van der Waals surface area contributed by atoms with E-state index in [-0.39, 0.29) is 5.02 Å². The van der Waals surface area contributed by atoms with Gasteiger partial charge >= 0.3 is 5.97 Å². The van der Waals surface area contributed by atoms with Crippen LogP contribution in [0.4, 0.5) is 0 Å². The molecule has 0 aliphatic carbocycles. The zero-order chi connectivity index (χ0) is 15.4. The normalized spacial score (nSPS) is 11.2. The van der Waals surface area contributed by atoms with Crippen LogP contribution in [0.2, 0.25) is 10.0 Å². The topological polar surface area (TPSA) is 54.4 Å². The van der Waals surface area contributed by atoms with Crippen molar-refractivity contribution in [2.75, 3.05) is 0 Å². The van der Waals surface area contributed by atoms with Gasteiger partial charge in [-0.2, -0.15) is 0 Å². The highest BCUT2D eigenvalue weighted by Gasteiger charge is 2.13. The van der Waals surface area contributed by atoms with Crippen molar-refractivity contribution < 1.29 is 14.7 Å². The number of carboxylic acid groups (broad SMARTS) is 1. The molecule has 3 nitrogen and oxygen atoms in total. The molecule has 5 heteroatoms. The third-order valence-electron chi connectivity index (χ3n) is 2.87. The number of carbonyl (C=O) groups is 2. The summed E-state index contributed by atoms with van der Waals surface area (Å²) in [5.74, 6) is -1.10. The van der Waals surface area contributed by atoms with Gasteiger partial charge in [-0.25, -0.2) is 4.79 Å². The minimum Gasteiger partial charge on any atom is -0.478 e. The zero-order valence-corrected chi connectivity index (χ0v) is 12.2. The lowest BCUT2D eigenvalue weighted by atomic mass is 9.96. The summed E-state index contributed by atoms with van der Waals surface area (Å²) in [6.45, 7) is 0. The van der Waals surface area contributed by atoms with Crippen molar-refractivity contribution >= 4 is 41.0 Å². The molecule has 1 N–H and O–H groups in total. The smallest absolute Gasteiger partial charge is 0.328 e. The summed E-state index contributed by atoms with van der Waals surface area (Å²) in [5.41, 5.74) is 2.08. The first kappa shape index (κ1) is 15.3. The molecule has 0 aromatic heterocycles. The van der Waals surface area contributed by atoms with Crippen LogP contribution in [-0.2, 0) is 4.79 Å². The Labute approximate surface area is 131 Å². The number of hydrogen-bond donors (Lipinski definition) is 1. The Morgan fingerprint density at radius 1 is 1.05 bits per heavy atom. The fraction of sp³-hybridized carbons (Fsp3) is 0. The first-order valence-electron chi connectivity index (χ1n) is 5.97. The van der Waals surface area contributed by atoms with Crippen LogP contribution in [0.15, 0.2) is 48.5 Å². The van der Waals surface area contributed by atoms with Crippen molar-refractivity contribution in [3.63, 3.8) is 0 Å². The van der Waals surface area contributed by atoms with Crippen LogP contribution in [-0.4, -0.2) is 17.4 Å². The molecular formula is C16H10Cl2O3. The van der Waals surface area contributed by atoms with Crippen molar-refractivity contribution in [1.82, 2.24) is 0 Å². The average molecular weight is 321 g/mol. The Hall–Kier alpha value is -2.10. The third-order valence-corrected chi connectivity index (χ3v) is 3.69. The molecule has 0 saturated carbocycles. The maximum Gasteiger partial charge on any atom is 0.328 e. The number of carbonyl (C=O) groups excluding carboxylic acids is 1. The standard InChI is InChI=1S/C16H10Cl2O3/c17-14-3-1-2-12(16(14)18)13(8-15(20)21)11-6-4-10(9-19)5-7-11/h1-9H,(H,20,21). The summed E-state index contributed by atoms with van der Waals surface area (Å²) in [6.07, 6.45) is 1.78. The zero-order valence-electron chi connectivity index (χ0n) is 10.7. The van der Waals surface area contributed by atoms with Crippen LogP contribution in [0.1, 0.15) is 21.5 Å². The molecule has 0 saturated heterocycles. The summed E-state index contributed by atoms with van der Waals surface area (Å²) in [6, 6.07) is 11.6. The SMILES string of the molecule is O=Cc1ccc(C(=CC(=O)O)c2cccc(Cl)c2Cl)cc1. The molecule has 2 aromatic rings. The molecule has 0 atom stereocenters. The monoisotopic (exact) mass is 320 g/mol. The Bertz CT molecular complexity index is 719. The molecule has 0 radical (unpaired) electrons. The van der Waals surface area contributed by atoms with Gasteiger partial charge in [-0.15, -0.1) is 0 Å². The van der Waals surface area contributed by atoms with E-state index in [0.717, 1.165) is 12.4 Å². The van der Waals surface area contributed by atoms with E-state index >= 15 is 0 Å². The number of aliphatic carboxylic acids is 1. The van der Waals surface area contributed by atoms with Gasteiger partial charge in [-0.05, 0) is 17.2 Å². The van der Waals surface area contributed by atoms with Crippen molar-refractivity contribution in [1.29, 1.82) is 0 Å². The largest absolute Gasteiger partial charge is 0.478 e. The number of carboxylic acids is 1. The summed E-state index contributed by atoms with van der Waals surface area (Å²) in [5, 5.41) is 9.68. The molecule has 0 heterocycles. The van der Waals surface area contributed by atoms with Crippen LogP contribution >= 0.6 is 23.2 Å². The predicted octanol–water partition coefficient (Wildman–Crippen LogP) is 4.32. The van der Waals surface area contributed by atoms with E-state index in [1.807, 2.05) is 0 Å². The first-order valence-corrected chi connectivity index (χ1v) is 6.73. The quantitative estimate of drug-likeness (QED) is 0.674. The minimum absolute atomic E-state index is 0.283. The number of rotatable bonds is 4. The second-order valence-electron chi connectivity index (χ2n) is 4.24. The minimum atomic E-state index is -1.10. The Morgan fingerprint density at radius 2 is 1.71 bits per heavy atom. The molecule has 2 rings (SSSR count). The summed E-state index contributed by atoms with van der Waals surface area (Å²) < 4.78 is 0. The van der Waals surface area contributed by atoms with E-state index in [2.05, 4.69) is 0 Å². The van der Waals surface area contributed by atoms with E-state index < -0.39 is 5.97 Å². The lowest BCUT2D eigenvalue weighted by Gasteiger charge is -2.11. The van der Waals surface area contributed by atoms with Gasteiger partial charge in [0.05, 0.1) is 10.0 Å². The van der Waals surface area contributed by atoms with E-state index in [1.165, 1.54) is 0 Å². The van der Waals surface area contributed by atoms with Crippen LogP contribution in [0.25, 0.3) is 5.57 Å². The summed E-state index contributed by atoms with van der Waals surface area (Å²) in [7, 11) is 0. The van der Waals surface area contributed by atoms with Gasteiger partial charge in [0.15, 0.2) is 0 Å². The molecular weight excluding hydrogens is 311 g/mol. The van der Waals surface area contributed by atoms with Gasteiger partial charge in [0.25, 0.3) is 0 Å². The molecule has 0 aliphatic rings. The van der Waals surface area contributed by atoms with Crippen molar-refractivity contribution in [3.05, 3.63) is 75.3 Å². The van der Waals surface area contributed by atoms with E-state index in [9.17, 15) is 9.59 Å². The van der Waals surface area contributed by atoms with Crippen molar-refractivity contribution in [2.45, 2.75) is 0 Å². The molecule has 0 fully saturated rings. The van der Waals surface area contributed by atoms with Crippen LogP contribution < -0.4 is 0 Å². The second-order valence-corrected chi connectivity index (χ2v) is 5.02. The molecule has 0 spiro atoms. The maximum absolute atomic E-state index is 11.1. The van der Waals surface area contributed by atoms with Crippen LogP contribution in [0.5, 0.6) is 0 Å². The van der Waals surface area contributed by atoms with Crippen molar-refractivity contribution in [3.8, 4) is 0 Å². The maximum atomic E-state index is 11.1. The molecule has 0 aliphatic heterocycles. The van der Waals surface area contributed by atoms with Crippen molar-refractivity contribution in [2.24, 2.45) is 0 Å².